The number of rotatable bonds is 3. The highest BCUT2D eigenvalue weighted by molar-refractivity contribution is 9.10. The molecule has 1 aromatic heterocycles. The Morgan fingerprint density at radius 1 is 1.56 bits per heavy atom. The molecule has 1 aliphatic rings. The third-order valence-electron chi connectivity index (χ3n) is 2.78. The van der Waals surface area contributed by atoms with E-state index in [-0.39, 0.29) is 16.3 Å². The zero-order valence-electron chi connectivity index (χ0n) is 9.50. The summed E-state index contributed by atoms with van der Waals surface area (Å²) in [6, 6.07) is 1.39. The van der Waals surface area contributed by atoms with E-state index in [0.717, 1.165) is 17.6 Å². The van der Waals surface area contributed by atoms with Gasteiger partial charge in [0, 0.05) is 39.9 Å². The van der Waals surface area contributed by atoms with Gasteiger partial charge in [0.15, 0.2) is 5.69 Å². The van der Waals surface area contributed by atoms with E-state index >= 15 is 0 Å². The molecule has 0 aliphatic carbocycles. The van der Waals surface area contributed by atoms with Crippen LogP contribution in [-0.2, 0) is 4.74 Å². The SMILES string of the molecule is O=[N+]([O-])c1cc(Br)[n+](O)cc1NC1CCOCC1. The molecule has 0 unspecified atom stereocenters. The number of nitrogens with zero attached hydrogens (tertiary/aromatic N) is 2. The van der Waals surface area contributed by atoms with Crippen LogP contribution in [0.4, 0.5) is 11.4 Å². The number of hydrogen-bond acceptors (Lipinski definition) is 5. The van der Waals surface area contributed by atoms with Gasteiger partial charge in [0.2, 0.25) is 0 Å². The Labute approximate surface area is 112 Å². The molecule has 1 fully saturated rings. The van der Waals surface area contributed by atoms with Crippen molar-refractivity contribution in [1.29, 1.82) is 0 Å². The van der Waals surface area contributed by atoms with E-state index in [4.69, 9.17) is 4.74 Å². The molecule has 0 amide bonds. The highest BCUT2D eigenvalue weighted by Gasteiger charge is 2.25. The van der Waals surface area contributed by atoms with E-state index in [0.29, 0.717) is 18.9 Å². The molecular weight excluding hydrogens is 306 g/mol. The Bertz CT molecular complexity index is 463. The summed E-state index contributed by atoms with van der Waals surface area (Å²) in [4.78, 5) is 10.5. The van der Waals surface area contributed by atoms with Crippen molar-refractivity contribution >= 4 is 27.3 Å². The summed E-state index contributed by atoms with van der Waals surface area (Å²) in [6.07, 6.45) is 2.87. The molecule has 8 heteroatoms. The molecule has 1 aliphatic heterocycles. The number of anilines is 1. The summed E-state index contributed by atoms with van der Waals surface area (Å²) in [6.45, 7) is 1.28. The summed E-state index contributed by atoms with van der Waals surface area (Å²) in [5.74, 6) is 0. The number of nitrogens with one attached hydrogen (secondary N) is 1. The van der Waals surface area contributed by atoms with Crippen LogP contribution in [0.1, 0.15) is 12.8 Å². The molecular formula is C10H13BrN3O4+. The summed E-state index contributed by atoms with van der Waals surface area (Å²) in [7, 11) is 0. The maximum absolute atomic E-state index is 11.0. The van der Waals surface area contributed by atoms with Gasteiger partial charge in [-0.3, -0.25) is 15.3 Å². The molecule has 7 nitrogen and oxygen atoms in total. The van der Waals surface area contributed by atoms with Gasteiger partial charge in [0.1, 0.15) is 6.07 Å². The average molecular weight is 319 g/mol. The smallest absolute Gasteiger partial charge is 0.306 e. The first-order valence-corrected chi connectivity index (χ1v) is 6.30. The van der Waals surface area contributed by atoms with Gasteiger partial charge in [-0.05, 0) is 12.8 Å². The van der Waals surface area contributed by atoms with Crippen molar-refractivity contribution in [3.05, 3.63) is 27.0 Å². The molecule has 98 valence electrons. The van der Waals surface area contributed by atoms with Gasteiger partial charge >= 0.3 is 10.3 Å². The molecule has 0 radical (unpaired) electrons. The van der Waals surface area contributed by atoms with Crippen LogP contribution in [-0.4, -0.2) is 29.4 Å². The first-order valence-electron chi connectivity index (χ1n) is 5.51. The van der Waals surface area contributed by atoms with E-state index in [1.54, 1.807) is 0 Å². The number of ether oxygens (including phenoxy) is 1. The molecule has 0 bridgehead atoms. The van der Waals surface area contributed by atoms with E-state index in [1.807, 2.05) is 0 Å². The Morgan fingerprint density at radius 3 is 2.83 bits per heavy atom. The average Bonchev–Trinajstić information content (AvgIpc) is 2.34. The largest absolute Gasteiger partial charge is 0.381 e. The van der Waals surface area contributed by atoms with Crippen LogP contribution in [0.15, 0.2) is 16.9 Å². The van der Waals surface area contributed by atoms with Crippen molar-refractivity contribution in [2.75, 3.05) is 18.5 Å². The van der Waals surface area contributed by atoms with Crippen LogP contribution in [0.25, 0.3) is 0 Å². The lowest BCUT2D eigenvalue weighted by Gasteiger charge is -2.23. The van der Waals surface area contributed by atoms with Crippen molar-refractivity contribution in [2.45, 2.75) is 18.9 Å². The van der Waals surface area contributed by atoms with Crippen LogP contribution < -0.4 is 10.0 Å². The van der Waals surface area contributed by atoms with Crippen molar-refractivity contribution in [3.8, 4) is 0 Å². The number of hydrogen-bond donors (Lipinski definition) is 2. The third-order valence-corrected chi connectivity index (χ3v) is 3.37. The monoisotopic (exact) mass is 318 g/mol. The van der Waals surface area contributed by atoms with Crippen LogP contribution in [0.3, 0.4) is 0 Å². The highest BCUT2D eigenvalue weighted by Crippen LogP contribution is 2.26. The molecule has 0 spiro atoms. The maximum atomic E-state index is 11.0. The summed E-state index contributed by atoms with van der Waals surface area (Å²) < 4.78 is 6.25. The number of halogens is 1. The Kier molecular flexibility index (Phi) is 3.97. The molecule has 2 N–H and O–H groups in total. The van der Waals surface area contributed by atoms with Crippen molar-refractivity contribution in [2.24, 2.45) is 0 Å². The van der Waals surface area contributed by atoms with Crippen LogP contribution >= 0.6 is 15.9 Å². The minimum Gasteiger partial charge on any atom is -0.381 e. The number of aromatic nitrogens is 1. The normalized spacial score (nSPS) is 16.5. The zero-order valence-corrected chi connectivity index (χ0v) is 11.1. The fourth-order valence-corrected chi connectivity index (χ4v) is 2.15. The molecule has 2 rings (SSSR count). The molecule has 1 saturated heterocycles. The van der Waals surface area contributed by atoms with Gasteiger partial charge in [-0.15, -0.1) is 0 Å². The second kappa shape index (κ2) is 5.49. The second-order valence-corrected chi connectivity index (χ2v) is 4.84. The predicted octanol–water partition coefficient (Wildman–Crippen LogP) is 1.47. The lowest BCUT2D eigenvalue weighted by molar-refractivity contribution is -0.912. The zero-order chi connectivity index (χ0) is 13.1. The Hall–Kier alpha value is -1.41. The number of pyridine rings is 1. The third kappa shape index (κ3) is 2.88. The molecule has 2 heterocycles. The van der Waals surface area contributed by atoms with E-state index in [9.17, 15) is 15.3 Å². The Morgan fingerprint density at radius 2 is 2.22 bits per heavy atom. The summed E-state index contributed by atoms with van der Waals surface area (Å²) in [5, 5.41) is 23.5. The lowest BCUT2D eigenvalue weighted by atomic mass is 10.1. The first kappa shape index (κ1) is 13.0. The fraction of sp³-hybridized carbons (Fsp3) is 0.500. The van der Waals surface area contributed by atoms with Gasteiger partial charge in [-0.2, -0.15) is 0 Å². The quantitative estimate of drug-likeness (QED) is 0.290. The maximum Gasteiger partial charge on any atom is 0.306 e. The molecule has 0 atom stereocenters. The first-order chi connectivity index (χ1) is 8.58. The van der Waals surface area contributed by atoms with Gasteiger partial charge in [0.25, 0.3) is 6.20 Å². The van der Waals surface area contributed by atoms with Crippen molar-refractivity contribution in [1.82, 2.24) is 0 Å². The molecule has 0 aromatic carbocycles. The van der Waals surface area contributed by atoms with Crippen LogP contribution in [0.5, 0.6) is 0 Å². The second-order valence-electron chi connectivity index (χ2n) is 4.03. The Balaban J connectivity index is 2.24. The molecule has 18 heavy (non-hydrogen) atoms. The van der Waals surface area contributed by atoms with E-state index in [1.165, 1.54) is 12.3 Å². The van der Waals surface area contributed by atoms with Gasteiger partial charge < -0.3 is 10.1 Å². The lowest BCUT2D eigenvalue weighted by Crippen LogP contribution is -2.34. The fourth-order valence-electron chi connectivity index (χ4n) is 1.83. The highest BCUT2D eigenvalue weighted by atomic mass is 79.9. The van der Waals surface area contributed by atoms with Crippen LogP contribution in [0, 0.1) is 10.1 Å². The minimum absolute atomic E-state index is 0.0707. The topological polar surface area (TPSA) is 88.5 Å². The van der Waals surface area contributed by atoms with Gasteiger partial charge in [-0.1, -0.05) is 0 Å². The van der Waals surface area contributed by atoms with E-state index < -0.39 is 4.92 Å². The molecule has 0 saturated carbocycles. The summed E-state index contributed by atoms with van der Waals surface area (Å²) in [5.41, 5.74) is 0.233. The standard InChI is InChI=1S/C10H13BrN3O4/c11-10-5-9(14(16)17)8(6-13(10)15)12-7-1-3-18-4-2-7/h5-7,12,15H,1-4H2/q+1. The van der Waals surface area contributed by atoms with E-state index in [2.05, 4.69) is 21.2 Å². The van der Waals surface area contributed by atoms with Crippen LogP contribution in [0.2, 0.25) is 0 Å². The van der Waals surface area contributed by atoms with Crippen molar-refractivity contribution < 1.29 is 19.6 Å². The van der Waals surface area contributed by atoms with Crippen molar-refractivity contribution in [3.63, 3.8) is 0 Å². The summed E-state index contributed by atoms with van der Waals surface area (Å²) >= 11 is 3.03. The molecule has 1 aromatic rings. The number of nitro groups is 1. The predicted molar refractivity (Wildman–Crippen MR) is 65.6 cm³/mol. The van der Waals surface area contributed by atoms with Gasteiger partial charge in [-0.25, -0.2) is 0 Å². The van der Waals surface area contributed by atoms with Gasteiger partial charge in [0.05, 0.1) is 4.92 Å². The minimum atomic E-state index is -0.480.